The number of carboxylic acids is 1. The zero-order chi connectivity index (χ0) is 21.2. The Morgan fingerprint density at radius 3 is 2.28 bits per heavy atom. The maximum absolute atomic E-state index is 13.3. The number of benzene rings is 2. The third-order valence-electron chi connectivity index (χ3n) is 3.99. The number of rotatable bonds is 6. The van der Waals surface area contributed by atoms with Crippen LogP contribution in [0.5, 0.6) is 0 Å². The average molecular weight is 417 g/mol. The van der Waals surface area contributed by atoms with Crippen molar-refractivity contribution in [1.29, 1.82) is 0 Å². The molecular formula is C19H16FN3O5S. The molecule has 29 heavy (non-hydrogen) atoms. The smallest absolute Gasteiger partial charge is 0.322 e. The molecule has 0 aliphatic carbocycles. The third kappa shape index (κ3) is 4.66. The molecule has 8 nitrogen and oxygen atoms in total. The lowest BCUT2D eigenvalue weighted by molar-refractivity contribution is -0.135. The molecule has 0 saturated carbocycles. The summed E-state index contributed by atoms with van der Waals surface area (Å²) in [6, 6.07) is 12.8. The molecule has 0 fully saturated rings. The molecular weight excluding hydrogens is 401 g/mol. The zero-order valence-corrected chi connectivity index (χ0v) is 16.0. The van der Waals surface area contributed by atoms with Gasteiger partial charge in [-0.1, -0.05) is 12.1 Å². The largest absolute Gasteiger partial charge is 0.480 e. The van der Waals surface area contributed by atoms with Gasteiger partial charge in [0.05, 0.1) is 16.3 Å². The van der Waals surface area contributed by atoms with Crippen LogP contribution in [0.4, 0.5) is 4.39 Å². The van der Waals surface area contributed by atoms with Crippen LogP contribution in [0.2, 0.25) is 0 Å². The van der Waals surface area contributed by atoms with Gasteiger partial charge in [-0.3, -0.25) is 9.59 Å². The number of nitrogens with one attached hydrogen (secondary N) is 1. The van der Waals surface area contributed by atoms with Gasteiger partial charge in [0.25, 0.3) is 5.91 Å². The minimum Gasteiger partial charge on any atom is -0.480 e. The summed E-state index contributed by atoms with van der Waals surface area (Å²) < 4.78 is 38.0. The van der Waals surface area contributed by atoms with E-state index in [0.29, 0.717) is 16.9 Å². The van der Waals surface area contributed by atoms with Gasteiger partial charge in [-0.2, -0.15) is 5.10 Å². The lowest BCUT2D eigenvalue weighted by atomic mass is 10.1. The van der Waals surface area contributed by atoms with Crippen LogP contribution in [0.3, 0.4) is 0 Å². The molecule has 1 heterocycles. The molecule has 0 radical (unpaired) electrons. The minimum atomic E-state index is -3.38. The van der Waals surface area contributed by atoms with Gasteiger partial charge < -0.3 is 10.4 Å². The van der Waals surface area contributed by atoms with E-state index in [0.717, 1.165) is 6.26 Å². The van der Waals surface area contributed by atoms with Gasteiger partial charge in [-0.05, 0) is 42.5 Å². The van der Waals surface area contributed by atoms with Crippen molar-refractivity contribution >= 4 is 21.7 Å². The van der Waals surface area contributed by atoms with E-state index in [4.69, 9.17) is 5.11 Å². The van der Waals surface area contributed by atoms with Crippen molar-refractivity contribution in [2.45, 2.75) is 4.90 Å². The van der Waals surface area contributed by atoms with Crippen LogP contribution in [-0.4, -0.2) is 48.0 Å². The molecule has 0 spiro atoms. The Balaban J connectivity index is 2.07. The normalized spacial score (nSPS) is 11.2. The highest BCUT2D eigenvalue weighted by Gasteiger charge is 2.18. The SMILES string of the molecule is CS(=O)(=O)c1ccc(-c2cc(C(=O)NCC(=O)O)nn2-c2ccc(F)cc2)cc1. The number of carbonyl (C=O) groups excluding carboxylic acids is 1. The van der Waals surface area contributed by atoms with Crippen LogP contribution in [0.15, 0.2) is 59.5 Å². The van der Waals surface area contributed by atoms with E-state index in [1.54, 1.807) is 12.1 Å². The summed E-state index contributed by atoms with van der Waals surface area (Å²) >= 11 is 0. The molecule has 2 N–H and O–H groups in total. The number of nitrogens with zero attached hydrogens (tertiary/aromatic N) is 2. The molecule has 3 rings (SSSR count). The van der Waals surface area contributed by atoms with Gasteiger partial charge in [-0.15, -0.1) is 0 Å². The molecule has 0 unspecified atom stereocenters. The molecule has 150 valence electrons. The molecule has 2 aromatic carbocycles. The maximum Gasteiger partial charge on any atom is 0.322 e. The first-order valence-electron chi connectivity index (χ1n) is 8.31. The monoisotopic (exact) mass is 417 g/mol. The number of carboxylic acid groups (broad SMARTS) is 1. The van der Waals surface area contributed by atoms with Gasteiger partial charge >= 0.3 is 5.97 Å². The molecule has 0 atom stereocenters. The second kappa shape index (κ2) is 7.84. The fourth-order valence-corrected chi connectivity index (χ4v) is 3.23. The van der Waals surface area contributed by atoms with Crippen molar-refractivity contribution in [2.24, 2.45) is 0 Å². The van der Waals surface area contributed by atoms with Crippen LogP contribution < -0.4 is 5.32 Å². The van der Waals surface area contributed by atoms with Crippen LogP contribution in [-0.2, 0) is 14.6 Å². The molecule has 0 bridgehead atoms. The van der Waals surface area contributed by atoms with Crippen molar-refractivity contribution in [2.75, 3.05) is 12.8 Å². The van der Waals surface area contributed by atoms with E-state index in [1.807, 2.05) is 0 Å². The van der Waals surface area contributed by atoms with Crippen LogP contribution in [0, 0.1) is 5.82 Å². The number of aromatic nitrogens is 2. The Morgan fingerprint density at radius 2 is 1.72 bits per heavy atom. The minimum absolute atomic E-state index is 0.0437. The molecule has 3 aromatic rings. The first-order chi connectivity index (χ1) is 13.6. The second-order valence-corrected chi connectivity index (χ2v) is 8.19. The average Bonchev–Trinajstić information content (AvgIpc) is 3.11. The lowest BCUT2D eigenvalue weighted by Crippen LogP contribution is -2.29. The highest BCUT2D eigenvalue weighted by Crippen LogP contribution is 2.25. The number of aliphatic carboxylic acids is 1. The van der Waals surface area contributed by atoms with E-state index in [9.17, 15) is 22.4 Å². The first kappa shape index (κ1) is 20.2. The number of halogens is 1. The van der Waals surface area contributed by atoms with E-state index in [1.165, 1.54) is 47.1 Å². The molecule has 1 amide bonds. The predicted molar refractivity (Wildman–Crippen MR) is 102 cm³/mol. The second-order valence-electron chi connectivity index (χ2n) is 6.18. The van der Waals surface area contributed by atoms with Gasteiger partial charge in [0, 0.05) is 11.8 Å². The molecule has 0 aliphatic heterocycles. The summed E-state index contributed by atoms with van der Waals surface area (Å²) in [5, 5.41) is 15.2. The Morgan fingerprint density at radius 1 is 1.10 bits per heavy atom. The van der Waals surface area contributed by atoms with Gasteiger partial charge in [-0.25, -0.2) is 17.5 Å². The van der Waals surface area contributed by atoms with E-state index in [2.05, 4.69) is 10.4 Å². The van der Waals surface area contributed by atoms with E-state index >= 15 is 0 Å². The quantitative estimate of drug-likeness (QED) is 0.632. The van der Waals surface area contributed by atoms with E-state index in [-0.39, 0.29) is 10.6 Å². The molecule has 0 aliphatic rings. The maximum atomic E-state index is 13.3. The van der Waals surface area contributed by atoms with Crippen LogP contribution >= 0.6 is 0 Å². The summed E-state index contributed by atoms with van der Waals surface area (Å²) in [7, 11) is -3.38. The summed E-state index contributed by atoms with van der Waals surface area (Å²) in [6.07, 6.45) is 1.09. The Kier molecular flexibility index (Phi) is 5.46. The molecule has 10 heteroatoms. The fraction of sp³-hybridized carbons (Fsp3) is 0.105. The van der Waals surface area contributed by atoms with Crippen molar-refractivity contribution in [1.82, 2.24) is 15.1 Å². The van der Waals surface area contributed by atoms with Crippen molar-refractivity contribution in [3.8, 4) is 16.9 Å². The first-order valence-corrected chi connectivity index (χ1v) is 10.2. The van der Waals surface area contributed by atoms with Crippen molar-refractivity contribution < 1.29 is 27.5 Å². The Hall–Kier alpha value is -3.53. The Labute approximate surface area is 165 Å². The summed E-state index contributed by atoms with van der Waals surface area (Å²) in [4.78, 5) is 23.0. The number of sulfone groups is 1. The number of carbonyl (C=O) groups is 2. The lowest BCUT2D eigenvalue weighted by Gasteiger charge is -2.08. The fourth-order valence-electron chi connectivity index (χ4n) is 2.60. The van der Waals surface area contributed by atoms with Crippen LogP contribution in [0.25, 0.3) is 16.9 Å². The standard InChI is InChI=1S/C19H16FN3O5S/c1-29(27,28)15-8-2-12(3-9-15)17-10-16(19(26)21-11-18(24)25)22-23(17)14-6-4-13(20)5-7-14/h2-10H,11H2,1H3,(H,21,26)(H,24,25). The van der Waals surface area contributed by atoms with E-state index < -0.39 is 34.1 Å². The third-order valence-corrected chi connectivity index (χ3v) is 5.12. The van der Waals surface area contributed by atoms with Gasteiger partial charge in [0.15, 0.2) is 15.5 Å². The highest BCUT2D eigenvalue weighted by atomic mass is 32.2. The number of hydrogen-bond donors (Lipinski definition) is 2. The van der Waals surface area contributed by atoms with Crippen LogP contribution in [0.1, 0.15) is 10.5 Å². The van der Waals surface area contributed by atoms with Crippen molar-refractivity contribution in [3.05, 3.63) is 66.1 Å². The predicted octanol–water partition coefficient (Wildman–Crippen LogP) is 1.90. The van der Waals surface area contributed by atoms with Gasteiger partial charge in [0.2, 0.25) is 0 Å². The number of hydrogen-bond acceptors (Lipinski definition) is 5. The molecule has 0 saturated heterocycles. The number of amides is 1. The highest BCUT2D eigenvalue weighted by molar-refractivity contribution is 7.90. The zero-order valence-electron chi connectivity index (χ0n) is 15.2. The summed E-state index contributed by atoms with van der Waals surface area (Å²) in [5.41, 5.74) is 1.42. The topological polar surface area (TPSA) is 118 Å². The summed E-state index contributed by atoms with van der Waals surface area (Å²) in [5.74, 6) is -2.34. The molecule has 1 aromatic heterocycles. The van der Waals surface area contributed by atoms with Gasteiger partial charge in [0.1, 0.15) is 12.4 Å². The Bertz CT molecular complexity index is 1170. The van der Waals surface area contributed by atoms with Crippen molar-refractivity contribution in [3.63, 3.8) is 0 Å². The summed E-state index contributed by atoms with van der Waals surface area (Å²) in [6.45, 7) is -0.569.